The Morgan fingerprint density at radius 2 is 2.14 bits per heavy atom. The highest BCUT2D eigenvalue weighted by Crippen LogP contribution is 2.34. The molecule has 0 saturated carbocycles. The van der Waals surface area contributed by atoms with Gasteiger partial charge < -0.3 is 19.3 Å². The van der Waals surface area contributed by atoms with Crippen molar-refractivity contribution in [2.75, 3.05) is 26.2 Å². The van der Waals surface area contributed by atoms with Crippen molar-refractivity contribution in [3.8, 4) is 0 Å². The van der Waals surface area contributed by atoms with Crippen LogP contribution < -0.4 is 10.9 Å². The van der Waals surface area contributed by atoms with Crippen LogP contribution in [0.25, 0.3) is 0 Å². The smallest absolute Gasteiger partial charge is 0.250 e. The van der Waals surface area contributed by atoms with E-state index in [0.29, 0.717) is 31.2 Å². The Morgan fingerprint density at radius 1 is 1.29 bits per heavy atom. The molecular formula is C21H28N4O3. The average Bonchev–Trinajstić information content (AvgIpc) is 2.99. The minimum absolute atomic E-state index is 0.0640. The van der Waals surface area contributed by atoms with Gasteiger partial charge in [0.2, 0.25) is 5.91 Å². The maximum atomic E-state index is 12.2. The summed E-state index contributed by atoms with van der Waals surface area (Å²) in [5, 5.41) is 6.97. The Morgan fingerprint density at radius 3 is 2.93 bits per heavy atom. The fourth-order valence-corrected chi connectivity index (χ4v) is 4.72. The molecule has 2 aromatic rings. The van der Waals surface area contributed by atoms with E-state index < -0.39 is 0 Å². The number of amides is 1. The van der Waals surface area contributed by atoms with Gasteiger partial charge in [0.05, 0.1) is 5.69 Å². The van der Waals surface area contributed by atoms with E-state index in [1.807, 2.05) is 24.5 Å². The number of nitrogens with zero attached hydrogens (tertiary/aromatic N) is 3. The van der Waals surface area contributed by atoms with Crippen LogP contribution in [0.5, 0.6) is 0 Å². The van der Waals surface area contributed by atoms with Crippen molar-refractivity contribution in [2.24, 2.45) is 5.92 Å². The zero-order valence-corrected chi connectivity index (χ0v) is 16.6. The highest BCUT2D eigenvalue weighted by Gasteiger charge is 2.34. The fraction of sp³-hybridized carbons (Fsp3) is 0.571. The lowest BCUT2D eigenvalue weighted by Gasteiger charge is -2.42. The zero-order valence-electron chi connectivity index (χ0n) is 16.6. The standard InChI is InChI=1S/C21H28N4O3/c1-14-18(15(2)28-23-14)6-7-20(26)22-8-9-24-11-16-10-17(13-24)19-4-3-5-21(27)25(19)12-16/h3-5,16-17H,6-13H2,1-2H3,(H,22,26)/t16-,17+/m1/s1. The molecule has 1 N–H and O–H groups in total. The van der Waals surface area contributed by atoms with Gasteiger partial charge in [-0.1, -0.05) is 11.2 Å². The van der Waals surface area contributed by atoms with Crippen LogP contribution in [-0.4, -0.2) is 46.7 Å². The lowest BCUT2D eigenvalue weighted by atomic mass is 9.83. The van der Waals surface area contributed by atoms with Gasteiger partial charge in [-0.25, -0.2) is 0 Å². The summed E-state index contributed by atoms with van der Waals surface area (Å²) in [7, 11) is 0. The van der Waals surface area contributed by atoms with Gasteiger partial charge in [0.25, 0.3) is 5.56 Å². The van der Waals surface area contributed by atoms with Gasteiger partial charge in [-0.05, 0) is 38.7 Å². The van der Waals surface area contributed by atoms with Crippen molar-refractivity contribution in [3.05, 3.63) is 51.3 Å². The molecule has 150 valence electrons. The first-order valence-electron chi connectivity index (χ1n) is 10.1. The normalized spacial score (nSPS) is 21.4. The lowest BCUT2D eigenvalue weighted by Crippen LogP contribution is -2.48. The highest BCUT2D eigenvalue weighted by atomic mass is 16.5. The molecule has 4 rings (SSSR count). The van der Waals surface area contributed by atoms with Gasteiger partial charge in [0.1, 0.15) is 5.76 Å². The summed E-state index contributed by atoms with van der Waals surface area (Å²) in [6.45, 7) is 8.05. The van der Waals surface area contributed by atoms with E-state index in [0.717, 1.165) is 55.3 Å². The van der Waals surface area contributed by atoms with Crippen LogP contribution in [0.2, 0.25) is 0 Å². The van der Waals surface area contributed by atoms with E-state index in [2.05, 4.69) is 21.4 Å². The van der Waals surface area contributed by atoms with E-state index in [-0.39, 0.29) is 11.5 Å². The topological polar surface area (TPSA) is 80.4 Å². The number of carbonyl (C=O) groups is 1. The molecule has 7 heteroatoms. The number of fused-ring (bicyclic) bond motifs is 4. The predicted octanol–water partition coefficient (Wildman–Crippen LogP) is 1.62. The third-order valence-electron chi connectivity index (χ3n) is 6.09. The second-order valence-corrected chi connectivity index (χ2v) is 8.11. The van der Waals surface area contributed by atoms with Crippen molar-refractivity contribution in [1.82, 2.24) is 19.9 Å². The number of piperidine rings is 1. The zero-order chi connectivity index (χ0) is 19.7. The third-order valence-corrected chi connectivity index (χ3v) is 6.09. The maximum absolute atomic E-state index is 12.2. The third kappa shape index (κ3) is 3.90. The summed E-state index contributed by atoms with van der Waals surface area (Å²) in [6.07, 6.45) is 2.26. The largest absolute Gasteiger partial charge is 0.361 e. The molecule has 1 saturated heterocycles. The van der Waals surface area contributed by atoms with Gasteiger partial charge in [0, 0.05) is 62.4 Å². The summed E-state index contributed by atoms with van der Waals surface area (Å²) in [5.41, 5.74) is 3.18. The molecule has 1 fully saturated rings. The quantitative estimate of drug-likeness (QED) is 0.819. The molecule has 0 spiro atoms. The molecule has 2 atom stereocenters. The van der Waals surface area contributed by atoms with E-state index in [1.165, 1.54) is 0 Å². The van der Waals surface area contributed by atoms with Gasteiger partial charge in [0.15, 0.2) is 0 Å². The molecule has 0 aromatic carbocycles. The molecule has 7 nitrogen and oxygen atoms in total. The van der Waals surface area contributed by atoms with Crippen molar-refractivity contribution in [3.63, 3.8) is 0 Å². The molecule has 2 aromatic heterocycles. The molecule has 28 heavy (non-hydrogen) atoms. The second kappa shape index (κ2) is 7.91. The van der Waals surface area contributed by atoms with Crippen LogP contribution in [0, 0.1) is 19.8 Å². The van der Waals surface area contributed by atoms with Crippen molar-refractivity contribution in [1.29, 1.82) is 0 Å². The minimum Gasteiger partial charge on any atom is -0.361 e. The Hall–Kier alpha value is -2.41. The SMILES string of the molecule is Cc1noc(C)c1CCC(=O)NCCN1C[C@H]2C[C@@H](C1)c1cccc(=O)n1C2. The molecule has 2 bridgehead atoms. The first-order chi connectivity index (χ1) is 13.5. The molecule has 0 radical (unpaired) electrons. The monoisotopic (exact) mass is 384 g/mol. The molecule has 0 unspecified atom stereocenters. The number of likely N-dealkylation sites (tertiary alicyclic amines) is 1. The number of carbonyl (C=O) groups excluding carboxylic acids is 1. The summed E-state index contributed by atoms with van der Waals surface area (Å²) >= 11 is 0. The molecule has 0 aliphatic carbocycles. The van der Waals surface area contributed by atoms with E-state index in [4.69, 9.17) is 4.52 Å². The van der Waals surface area contributed by atoms with Crippen LogP contribution in [0.15, 0.2) is 27.5 Å². The Balaban J connectivity index is 1.25. The molecular weight excluding hydrogens is 356 g/mol. The molecule has 2 aliphatic heterocycles. The maximum Gasteiger partial charge on any atom is 0.250 e. The van der Waals surface area contributed by atoms with Crippen LogP contribution in [0.3, 0.4) is 0 Å². The molecule has 4 heterocycles. The predicted molar refractivity (Wildman–Crippen MR) is 105 cm³/mol. The number of nitrogens with one attached hydrogen (secondary N) is 1. The summed E-state index contributed by atoms with van der Waals surface area (Å²) < 4.78 is 7.10. The van der Waals surface area contributed by atoms with Crippen LogP contribution in [0.4, 0.5) is 0 Å². The van der Waals surface area contributed by atoms with E-state index >= 15 is 0 Å². The Kier molecular flexibility index (Phi) is 5.35. The number of aromatic nitrogens is 2. The second-order valence-electron chi connectivity index (χ2n) is 8.11. The van der Waals surface area contributed by atoms with Crippen LogP contribution in [0.1, 0.15) is 41.5 Å². The average molecular weight is 384 g/mol. The van der Waals surface area contributed by atoms with Crippen molar-refractivity contribution < 1.29 is 9.32 Å². The van der Waals surface area contributed by atoms with Crippen molar-refractivity contribution >= 4 is 5.91 Å². The van der Waals surface area contributed by atoms with Gasteiger partial charge >= 0.3 is 0 Å². The van der Waals surface area contributed by atoms with Gasteiger partial charge in [-0.2, -0.15) is 0 Å². The van der Waals surface area contributed by atoms with Crippen molar-refractivity contribution in [2.45, 2.75) is 45.6 Å². The Bertz CT molecular complexity index is 897. The summed E-state index contributed by atoms with van der Waals surface area (Å²) in [6, 6.07) is 5.61. The Labute approximate surface area is 164 Å². The first kappa shape index (κ1) is 18.9. The summed E-state index contributed by atoms with van der Waals surface area (Å²) in [4.78, 5) is 26.7. The van der Waals surface area contributed by atoms with Gasteiger partial charge in [-0.3, -0.25) is 9.59 Å². The summed E-state index contributed by atoms with van der Waals surface area (Å²) in [5.74, 6) is 1.79. The van der Waals surface area contributed by atoms with Gasteiger partial charge in [-0.15, -0.1) is 0 Å². The number of hydrogen-bond acceptors (Lipinski definition) is 5. The number of aryl methyl sites for hydroxylation is 2. The van der Waals surface area contributed by atoms with Crippen LogP contribution in [-0.2, 0) is 17.8 Å². The lowest BCUT2D eigenvalue weighted by molar-refractivity contribution is -0.121. The highest BCUT2D eigenvalue weighted by molar-refractivity contribution is 5.76. The molecule has 1 amide bonds. The number of rotatable bonds is 6. The number of hydrogen-bond donors (Lipinski definition) is 1. The molecule has 2 aliphatic rings. The van der Waals surface area contributed by atoms with E-state index in [9.17, 15) is 9.59 Å². The minimum atomic E-state index is 0.0640. The fourth-order valence-electron chi connectivity index (χ4n) is 4.72. The van der Waals surface area contributed by atoms with E-state index in [1.54, 1.807) is 6.07 Å². The van der Waals surface area contributed by atoms with Crippen LogP contribution >= 0.6 is 0 Å². The first-order valence-corrected chi connectivity index (χ1v) is 10.1. The number of pyridine rings is 1.